The van der Waals surface area contributed by atoms with Crippen LogP contribution < -0.4 is 10.9 Å². The number of hydrogen-bond acceptors (Lipinski definition) is 3. The molecule has 8 heteroatoms. The second kappa shape index (κ2) is 7.23. The van der Waals surface area contributed by atoms with Crippen LogP contribution in [0.25, 0.3) is 10.9 Å². The minimum atomic E-state index is -0.402. The maximum absolute atomic E-state index is 13.2. The summed E-state index contributed by atoms with van der Waals surface area (Å²) in [6, 6.07) is 13.6. The van der Waals surface area contributed by atoms with Crippen molar-refractivity contribution in [1.29, 1.82) is 0 Å². The van der Waals surface area contributed by atoms with Gasteiger partial charge in [-0.3, -0.25) is 14.3 Å². The Morgan fingerprint density at radius 1 is 1.17 bits per heavy atom. The van der Waals surface area contributed by atoms with Crippen LogP contribution in [0.4, 0.5) is 4.39 Å². The number of nitrogens with two attached hydrogens (primary N) is 1. The summed E-state index contributed by atoms with van der Waals surface area (Å²) in [5.41, 5.74) is 3.73. The zero-order chi connectivity index (χ0) is 20.8. The van der Waals surface area contributed by atoms with E-state index in [4.69, 9.17) is 12.2 Å². The summed E-state index contributed by atoms with van der Waals surface area (Å²) in [5.74, 6) is -0.502. The Hall–Kier alpha value is -3.23. The Kier molecular flexibility index (Phi) is 4.52. The second-order valence-corrected chi connectivity index (χ2v) is 7.91. The van der Waals surface area contributed by atoms with E-state index < -0.39 is 5.56 Å². The maximum atomic E-state index is 13.2. The average molecular weight is 423 g/mol. The number of fused-ring (bicyclic) bond motifs is 3. The van der Waals surface area contributed by atoms with Crippen molar-refractivity contribution < 1.29 is 14.8 Å². The summed E-state index contributed by atoms with van der Waals surface area (Å²) in [5, 5.41) is 14.3. The molecule has 0 saturated heterocycles. The van der Waals surface area contributed by atoms with Gasteiger partial charge in [0.1, 0.15) is 11.4 Å². The third-order valence-corrected chi connectivity index (χ3v) is 6.05. The molecule has 0 unspecified atom stereocenters. The van der Waals surface area contributed by atoms with E-state index in [9.17, 15) is 14.3 Å². The van der Waals surface area contributed by atoms with Crippen LogP contribution in [0.5, 0.6) is 5.88 Å². The largest absolute Gasteiger partial charge is 0.494 e. The molecule has 0 saturated carbocycles. The number of halogens is 1. The van der Waals surface area contributed by atoms with E-state index in [-0.39, 0.29) is 34.6 Å². The van der Waals surface area contributed by atoms with Gasteiger partial charge in [0.2, 0.25) is 5.88 Å². The normalized spacial score (nSPS) is 16.0. The first-order valence-corrected chi connectivity index (χ1v) is 10.2. The van der Waals surface area contributed by atoms with E-state index in [1.807, 2.05) is 23.5 Å². The van der Waals surface area contributed by atoms with Crippen LogP contribution in [0.2, 0.25) is 0 Å². The fourth-order valence-corrected chi connectivity index (χ4v) is 4.55. The number of nitrogens with one attached hydrogen (secondary N) is 2. The minimum Gasteiger partial charge on any atom is -0.494 e. The van der Waals surface area contributed by atoms with Crippen LogP contribution in [0.1, 0.15) is 28.4 Å². The first-order chi connectivity index (χ1) is 14.5. The number of hydrogen-bond donors (Lipinski definition) is 4. The molecule has 5 N–H and O–H groups in total. The molecule has 30 heavy (non-hydrogen) atoms. The summed E-state index contributed by atoms with van der Waals surface area (Å²) >= 11 is 5.30. The lowest BCUT2D eigenvalue weighted by Crippen LogP contribution is -2.87. The predicted octanol–water partition coefficient (Wildman–Crippen LogP) is 2.49. The van der Waals surface area contributed by atoms with Crippen molar-refractivity contribution in [1.82, 2.24) is 14.5 Å². The Morgan fingerprint density at radius 3 is 2.73 bits per heavy atom. The van der Waals surface area contributed by atoms with Crippen LogP contribution in [-0.2, 0) is 13.0 Å². The van der Waals surface area contributed by atoms with Gasteiger partial charge in [-0.05, 0) is 41.5 Å². The molecule has 1 aliphatic heterocycles. The van der Waals surface area contributed by atoms with Crippen molar-refractivity contribution in [2.75, 3.05) is 6.54 Å². The van der Waals surface area contributed by atoms with Gasteiger partial charge in [-0.2, -0.15) is 0 Å². The van der Waals surface area contributed by atoms with Gasteiger partial charge in [0, 0.05) is 17.3 Å². The van der Waals surface area contributed by atoms with Crippen molar-refractivity contribution in [3.63, 3.8) is 0 Å². The van der Waals surface area contributed by atoms with Crippen LogP contribution >= 0.6 is 12.2 Å². The van der Waals surface area contributed by atoms with E-state index in [1.54, 1.807) is 12.1 Å². The first kappa shape index (κ1) is 18.8. The highest BCUT2D eigenvalue weighted by Crippen LogP contribution is 2.32. The fourth-order valence-electron chi connectivity index (χ4n) is 4.30. The highest BCUT2D eigenvalue weighted by molar-refractivity contribution is 7.71. The van der Waals surface area contributed by atoms with Crippen LogP contribution in [0.15, 0.2) is 53.3 Å². The smallest absolute Gasteiger partial charge is 0.265 e. The molecule has 1 aliphatic rings. The summed E-state index contributed by atoms with van der Waals surface area (Å²) in [6.45, 7) is 1.02. The molecule has 6 nitrogen and oxygen atoms in total. The summed E-state index contributed by atoms with van der Waals surface area (Å²) in [4.78, 5) is 19.0. The fraction of sp³-hybridized carbons (Fsp3) is 0.182. The molecule has 1 atom stereocenters. The molecule has 0 aliphatic carbocycles. The molecule has 5 rings (SSSR count). The van der Waals surface area contributed by atoms with Crippen molar-refractivity contribution in [3.8, 4) is 5.88 Å². The number of aromatic hydroxyl groups is 1. The van der Waals surface area contributed by atoms with Crippen LogP contribution in [0, 0.1) is 10.6 Å². The van der Waals surface area contributed by atoms with Gasteiger partial charge in [-0.25, -0.2) is 4.39 Å². The highest BCUT2D eigenvalue weighted by atomic mass is 32.1. The number of H-pyrrole nitrogens is 2. The van der Waals surface area contributed by atoms with Crippen molar-refractivity contribution in [3.05, 3.63) is 91.9 Å². The van der Waals surface area contributed by atoms with Gasteiger partial charge in [0.15, 0.2) is 10.8 Å². The zero-order valence-electron chi connectivity index (χ0n) is 16.0. The van der Waals surface area contributed by atoms with E-state index in [0.29, 0.717) is 0 Å². The quantitative estimate of drug-likeness (QED) is 0.382. The Labute approximate surface area is 176 Å². The Morgan fingerprint density at radius 2 is 1.93 bits per heavy atom. The Balaban J connectivity index is 1.65. The topological polar surface area (TPSA) is 90.4 Å². The van der Waals surface area contributed by atoms with Gasteiger partial charge < -0.3 is 15.4 Å². The lowest BCUT2D eigenvalue weighted by atomic mass is 9.95. The molecular weight excluding hydrogens is 403 g/mol. The summed E-state index contributed by atoms with van der Waals surface area (Å²) in [6.07, 6.45) is 0.878. The molecule has 0 amide bonds. The van der Waals surface area contributed by atoms with Gasteiger partial charge in [-0.15, -0.1) is 0 Å². The number of aromatic amines is 2. The number of nitrogens with zero attached hydrogens (tertiary/aromatic N) is 1. The van der Waals surface area contributed by atoms with Crippen molar-refractivity contribution >= 4 is 23.1 Å². The number of benzene rings is 2. The SMILES string of the molecule is O=c1[nH]c(=S)n(Cc2ccc(F)cc2)c(O)c1[C@@H]1[NH2+]CCc2c1[nH]c1ccccc21. The third kappa shape index (κ3) is 3.05. The van der Waals surface area contributed by atoms with E-state index in [0.717, 1.165) is 35.1 Å². The summed E-state index contributed by atoms with van der Waals surface area (Å²) < 4.78 is 14.8. The molecule has 152 valence electrons. The monoisotopic (exact) mass is 423 g/mol. The van der Waals surface area contributed by atoms with E-state index in [2.05, 4.69) is 16.0 Å². The second-order valence-electron chi connectivity index (χ2n) is 7.52. The lowest BCUT2D eigenvalue weighted by molar-refractivity contribution is -0.690. The highest BCUT2D eigenvalue weighted by Gasteiger charge is 2.33. The molecule has 0 fully saturated rings. The minimum absolute atomic E-state index is 0.123. The molecule has 2 aromatic heterocycles. The summed E-state index contributed by atoms with van der Waals surface area (Å²) in [7, 11) is 0. The van der Waals surface area contributed by atoms with Crippen molar-refractivity contribution in [2.24, 2.45) is 0 Å². The molecule has 0 radical (unpaired) electrons. The molecule has 4 aromatic rings. The van der Waals surface area contributed by atoms with Gasteiger partial charge in [0.05, 0.1) is 18.8 Å². The van der Waals surface area contributed by atoms with Gasteiger partial charge >= 0.3 is 0 Å². The van der Waals surface area contributed by atoms with Gasteiger partial charge in [0.25, 0.3) is 5.56 Å². The number of rotatable bonds is 3. The number of aromatic nitrogens is 3. The van der Waals surface area contributed by atoms with Crippen LogP contribution in [0.3, 0.4) is 0 Å². The maximum Gasteiger partial charge on any atom is 0.265 e. The molecular formula is C22H20FN4O2S+. The molecule has 0 bridgehead atoms. The number of quaternary nitrogens is 1. The number of para-hydroxylation sites is 1. The molecule has 3 heterocycles. The zero-order valence-corrected chi connectivity index (χ0v) is 16.8. The third-order valence-electron chi connectivity index (χ3n) is 5.73. The lowest BCUT2D eigenvalue weighted by Gasteiger charge is -2.22. The molecule has 0 spiro atoms. The Bertz CT molecular complexity index is 1370. The predicted molar refractivity (Wildman–Crippen MR) is 114 cm³/mol. The molecule has 2 aromatic carbocycles. The van der Waals surface area contributed by atoms with Gasteiger partial charge in [-0.1, -0.05) is 30.3 Å². The average Bonchev–Trinajstić information content (AvgIpc) is 3.12. The van der Waals surface area contributed by atoms with Crippen LogP contribution in [-0.4, -0.2) is 26.2 Å². The standard InChI is InChI=1S/C22H19FN4O2S/c23-13-7-5-12(6-8-13)11-27-21(29)17(20(28)26-22(27)30)19-18-15(9-10-24-19)14-3-1-2-4-16(14)25-18/h1-8,19,24-25,29H,9-11H2,(H,26,28,30)/p+1/t19-/m0/s1. The van der Waals surface area contributed by atoms with Crippen molar-refractivity contribution in [2.45, 2.75) is 19.0 Å². The first-order valence-electron chi connectivity index (χ1n) is 9.76. The van der Waals surface area contributed by atoms with E-state index in [1.165, 1.54) is 22.3 Å². The van der Waals surface area contributed by atoms with E-state index >= 15 is 0 Å².